The molecular weight excluding hydrogens is 356 g/mol. The lowest BCUT2D eigenvalue weighted by atomic mass is 9.79. The number of carbonyl (C=O) groups excluding carboxylic acids is 2. The molecule has 1 aliphatic rings. The summed E-state index contributed by atoms with van der Waals surface area (Å²) in [4.78, 5) is 27.1. The molecule has 0 bridgehead atoms. The molecule has 27 heavy (non-hydrogen) atoms. The van der Waals surface area contributed by atoms with Crippen molar-refractivity contribution in [3.8, 4) is 11.1 Å². The van der Waals surface area contributed by atoms with Crippen molar-refractivity contribution >= 4 is 23.2 Å². The van der Waals surface area contributed by atoms with Crippen LogP contribution >= 0.6 is 11.3 Å². The third kappa shape index (κ3) is 4.41. The minimum absolute atomic E-state index is 0.0317. The van der Waals surface area contributed by atoms with Crippen LogP contribution in [0.5, 0.6) is 0 Å². The Morgan fingerprint density at radius 1 is 1.19 bits per heavy atom. The van der Waals surface area contributed by atoms with Crippen LogP contribution < -0.4 is 5.32 Å². The van der Waals surface area contributed by atoms with E-state index in [2.05, 4.69) is 60.3 Å². The van der Waals surface area contributed by atoms with Crippen molar-refractivity contribution in [2.75, 3.05) is 20.1 Å². The number of hydrogen-bond acceptors (Lipinski definition) is 3. The average Bonchev–Trinajstić information content (AvgIpc) is 3.32. The first-order chi connectivity index (χ1) is 12.9. The van der Waals surface area contributed by atoms with E-state index < -0.39 is 5.41 Å². The maximum absolute atomic E-state index is 12.7. The number of benzene rings is 1. The second kappa shape index (κ2) is 8.26. The van der Waals surface area contributed by atoms with Gasteiger partial charge in [-0.1, -0.05) is 38.1 Å². The molecule has 2 heterocycles. The Hall–Kier alpha value is -2.14. The zero-order chi connectivity index (χ0) is 19.4. The molecule has 2 amide bonds. The van der Waals surface area contributed by atoms with Crippen LogP contribution in [0.15, 0.2) is 41.1 Å². The SMILES string of the molecule is CNC(=O)[C@@]1(Cc2ccc(-c3ccsc3)cc2)CCN(C(=O)CC(C)C)C1. The summed E-state index contributed by atoms with van der Waals surface area (Å²) in [5.41, 5.74) is 3.01. The average molecular weight is 385 g/mol. The molecule has 1 saturated heterocycles. The van der Waals surface area contributed by atoms with Gasteiger partial charge in [-0.2, -0.15) is 11.3 Å². The number of thiophene rings is 1. The molecule has 144 valence electrons. The summed E-state index contributed by atoms with van der Waals surface area (Å²) < 4.78 is 0. The number of likely N-dealkylation sites (tertiary alicyclic amines) is 1. The zero-order valence-corrected chi connectivity index (χ0v) is 17.1. The summed E-state index contributed by atoms with van der Waals surface area (Å²) in [6, 6.07) is 10.6. The molecule has 1 N–H and O–H groups in total. The van der Waals surface area contributed by atoms with Crippen LogP contribution in [-0.2, 0) is 16.0 Å². The van der Waals surface area contributed by atoms with Gasteiger partial charge in [0, 0.05) is 26.6 Å². The summed E-state index contributed by atoms with van der Waals surface area (Å²) in [7, 11) is 1.68. The quantitative estimate of drug-likeness (QED) is 0.819. The molecule has 3 rings (SSSR count). The summed E-state index contributed by atoms with van der Waals surface area (Å²) >= 11 is 1.69. The van der Waals surface area contributed by atoms with Crippen LogP contribution in [0.25, 0.3) is 11.1 Å². The minimum atomic E-state index is -0.536. The molecule has 1 fully saturated rings. The predicted molar refractivity (Wildman–Crippen MR) is 111 cm³/mol. The first-order valence-electron chi connectivity index (χ1n) is 9.55. The minimum Gasteiger partial charge on any atom is -0.359 e. The maximum atomic E-state index is 12.7. The van der Waals surface area contributed by atoms with E-state index in [1.165, 1.54) is 11.1 Å². The highest BCUT2D eigenvalue weighted by Crippen LogP contribution is 2.36. The van der Waals surface area contributed by atoms with Gasteiger partial charge < -0.3 is 10.2 Å². The number of carbonyl (C=O) groups is 2. The first kappa shape index (κ1) is 19.6. The summed E-state index contributed by atoms with van der Waals surface area (Å²) in [5.74, 6) is 0.519. The van der Waals surface area contributed by atoms with Crippen LogP contribution in [0.1, 0.15) is 32.3 Å². The fourth-order valence-corrected chi connectivity index (χ4v) is 4.54. The molecule has 4 nitrogen and oxygen atoms in total. The summed E-state index contributed by atoms with van der Waals surface area (Å²) in [6.45, 7) is 5.26. The fraction of sp³-hybridized carbons (Fsp3) is 0.455. The van der Waals surface area contributed by atoms with E-state index in [-0.39, 0.29) is 11.8 Å². The van der Waals surface area contributed by atoms with Gasteiger partial charge in [0.1, 0.15) is 0 Å². The lowest BCUT2D eigenvalue weighted by Gasteiger charge is -2.28. The topological polar surface area (TPSA) is 49.4 Å². The molecule has 0 spiro atoms. The normalized spacial score (nSPS) is 19.5. The third-order valence-electron chi connectivity index (χ3n) is 5.35. The van der Waals surface area contributed by atoms with Crippen molar-refractivity contribution < 1.29 is 9.59 Å². The Morgan fingerprint density at radius 2 is 1.93 bits per heavy atom. The van der Waals surface area contributed by atoms with Crippen LogP contribution in [0.4, 0.5) is 0 Å². The maximum Gasteiger partial charge on any atom is 0.228 e. The van der Waals surface area contributed by atoms with Crippen molar-refractivity contribution in [3.05, 3.63) is 46.7 Å². The Balaban J connectivity index is 1.76. The van der Waals surface area contributed by atoms with Gasteiger partial charge in [-0.15, -0.1) is 0 Å². The molecule has 0 aliphatic carbocycles. The van der Waals surface area contributed by atoms with Crippen molar-refractivity contribution in [1.29, 1.82) is 0 Å². The fourth-order valence-electron chi connectivity index (χ4n) is 3.87. The van der Waals surface area contributed by atoms with E-state index in [9.17, 15) is 9.59 Å². The number of hydrogen-bond donors (Lipinski definition) is 1. The third-order valence-corrected chi connectivity index (χ3v) is 6.03. The van der Waals surface area contributed by atoms with Gasteiger partial charge in [-0.3, -0.25) is 9.59 Å². The van der Waals surface area contributed by atoms with Gasteiger partial charge in [-0.25, -0.2) is 0 Å². The molecule has 5 heteroatoms. The van der Waals surface area contributed by atoms with Gasteiger partial charge in [-0.05, 0) is 52.3 Å². The van der Waals surface area contributed by atoms with E-state index >= 15 is 0 Å². The Kier molecular flexibility index (Phi) is 6.00. The molecule has 1 atom stereocenters. The highest BCUT2D eigenvalue weighted by Gasteiger charge is 2.45. The number of amides is 2. The lowest BCUT2D eigenvalue weighted by Crippen LogP contribution is -2.44. The molecular formula is C22H28N2O2S. The van der Waals surface area contributed by atoms with Crippen molar-refractivity contribution in [2.24, 2.45) is 11.3 Å². The van der Waals surface area contributed by atoms with E-state index in [1.807, 2.05) is 4.90 Å². The standard InChI is InChI=1S/C22H28N2O2S/c1-16(2)12-20(25)24-10-9-22(15-24,21(26)23-3)13-17-4-6-18(7-5-17)19-8-11-27-14-19/h4-8,11,14,16H,9-10,12-13,15H2,1-3H3,(H,23,26)/t22-/m1/s1. The van der Waals surface area contributed by atoms with Gasteiger partial charge in [0.25, 0.3) is 0 Å². The van der Waals surface area contributed by atoms with E-state index in [1.54, 1.807) is 18.4 Å². The van der Waals surface area contributed by atoms with Crippen LogP contribution in [0.2, 0.25) is 0 Å². The Labute approximate surface area is 165 Å². The highest BCUT2D eigenvalue weighted by molar-refractivity contribution is 7.08. The van der Waals surface area contributed by atoms with E-state index in [0.29, 0.717) is 38.3 Å². The summed E-state index contributed by atoms with van der Waals surface area (Å²) in [5, 5.41) is 7.04. The van der Waals surface area contributed by atoms with E-state index in [4.69, 9.17) is 0 Å². The second-order valence-electron chi connectivity index (χ2n) is 7.91. The van der Waals surface area contributed by atoms with Crippen LogP contribution in [-0.4, -0.2) is 36.9 Å². The second-order valence-corrected chi connectivity index (χ2v) is 8.69. The molecule has 0 saturated carbocycles. The largest absolute Gasteiger partial charge is 0.359 e. The summed E-state index contributed by atoms with van der Waals surface area (Å²) in [6.07, 6.45) is 1.91. The molecule has 1 aromatic heterocycles. The monoisotopic (exact) mass is 384 g/mol. The molecule has 0 unspecified atom stereocenters. The highest BCUT2D eigenvalue weighted by atomic mass is 32.1. The zero-order valence-electron chi connectivity index (χ0n) is 16.3. The van der Waals surface area contributed by atoms with Crippen molar-refractivity contribution in [3.63, 3.8) is 0 Å². The van der Waals surface area contributed by atoms with Crippen molar-refractivity contribution in [1.82, 2.24) is 10.2 Å². The molecule has 0 radical (unpaired) electrons. The molecule has 1 aliphatic heterocycles. The predicted octanol–water partition coefficient (Wildman–Crippen LogP) is 3.97. The molecule has 1 aromatic carbocycles. The van der Waals surface area contributed by atoms with Crippen LogP contribution in [0, 0.1) is 11.3 Å². The smallest absolute Gasteiger partial charge is 0.228 e. The number of nitrogens with zero attached hydrogens (tertiary/aromatic N) is 1. The number of nitrogens with one attached hydrogen (secondary N) is 1. The van der Waals surface area contributed by atoms with Gasteiger partial charge in [0.2, 0.25) is 11.8 Å². The van der Waals surface area contributed by atoms with Crippen LogP contribution in [0.3, 0.4) is 0 Å². The van der Waals surface area contributed by atoms with E-state index in [0.717, 1.165) is 5.56 Å². The Bertz CT molecular complexity index is 783. The number of rotatable bonds is 6. The van der Waals surface area contributed by atoms with Gasteiger partial charge in [0.05, 0.1) is 5.41 Å². The Morgan fingerprint density at radius 3 is 2.52 bits per heavy atom. The van der Waals surface area contributed by atoms with Gasteiger partial charge in [0.15, 0.2) is 0 Å². The van der Waals surface area contributed by atoms with Gasteiger partial charge >= 0.3 is 0 Å². The molecule has 2 aromatic rings. The van der Waals surface area contributed by atoms with Crippen molar-refractivity contribution in [2.45, 2.75) is 33.1 Å². The first-order valence-corrected chi connectivity index (χ1v) is 10.5. The lowest BCUT2D eigenvalue weighted by molar-refractivity contribution is -0.133.